The maximum absolute atomic E-state index is 13.9. The number of ether oxygens (including phenoxy) is 3. The smallest absolute Gasteiger partial charge is 0.338 e. The van der Waals surface area contributed by atoms with E-state index in [1.165, 1.54) is 29.8 Å². The zero-order valence-corrected chi connectivity index (χ0v) is 22.8. The van der Waals surface area contributed by atoms with E-state index in [2.05, 4.69) is 0 Å². The summed E-state index contributed by atoms with van der Waals surface area (Å²) in [7, 11) is 1.51. The highest BCUT2D eigenvalue weighted by Gasteiger charge is 2.35. The molecule has 0 saturated carbocycles. The number of carbonyl (C=O) groups excluding carboxylic acids is 1. The number of thiazole rings is 1. The molecule has 39 heavy (non-hydrogen) atoms. The lowest BCUT2D eigenvalue weighted by Crippen LogP contribution is -2.39. The molecule has 0 bridgehead atoms. The molecule has 4 aromatic rings. The van der Waals surface area contributed by atoms with E-state index < -0.39 is 12.0 Å². The van der Waals surface area contributed by atoms with Gasteiger partial charge in [-0.3, -0.25) is 9.36 Å². The first-order chi connectivity index (χ1) is 19.0. The fourth-order valence-corrected chi connectivity index (χ4v) is 6.14. The molecule has 8 nitrogen and oxygen atoms in total. The summed E-state index contributed by atoms with van der Waals surface area (Å²) in [5.74, 6) is 0.367. The molecule has 196 valence electrons. The Morgan fingerprint density at radius 2 is 1.97 bits per heavy atom. The minimum Gasteiger partial charge on any atom is -0.493 e. The fraction of sp³-hybridized carbons (Fsp3) is 0.172. The predicted molar refractivity (Wildman–Crippen MR) is 149 cm³/mol. The lowest BCUT2D eigenvalue weighted by molar-refractivity contribution is -0.138. The highest BCUT2D eigenvalue weighted by molar-refractivity contribution is 7.10. The van der Waals surface area contributed by atoms with Crippen molar-refractivity contribution in [1.82, 2.24) is 4.57 Å². The van der Waals surface area contributed by atoms with E-state index >= 15 is 0 Å². The molecule has 0 spiro atoms. The number of thiophene rings is 1. The summed E-state index contributed by atoms with van der Waals surface area (Å²) in [6.07, 6.45) is 1.75. The van der Waals surface area contributed by atoms with Crippen molar-refractivity contribution in [2.45, 2.75) is 13.0 Å². The van der Waals surface area contributed by atoms with Crippen LogP contribution in [0.4, 0.5) is 0 Å². The zero-order valence-electron chi connectivity index (χ0n) is 21.1. The maximum atomic E-state index is 13.9. The number of esters is 1. The standard InChI is InChI=1S/C29H23N3O5S2/c1-3-36-28(34)24-25(19-8-5-4-6-9-19)31-29-32(26(24)22-10-7-15-38-22)27(33)23(39-29)17-18-11-12-20(37-14-13-30)21(16-18)35-2/h4-12,15-17,26H,3,14H2,1-2H3/b23-17-/t26-/m1/s1. The van der Waals surface area contributed by atoms with Gasteiger partial charge in [0.2, 0.25) is 0 Å². The van der Waals surface area contributed by atoms with E-state index in [-0.39, 0.29) is 18.8 Å². The van der Waals surface area contributed by atoms with Gasteiger partial charge < -0.3 is 14.2 Å². The second-order valence-corrected chi connectivity index (χ2v) is 10.3. The van der Waals surface area contributed by atoms with E-state index in [1.54, 1.807) is 35.8 Å². The average molecular weight is 558 g/mol. The number of nitriles is 1. The third-order valence-corrected chi connectivity index (χ3v) is 7.87. The summed E-state index contributed by atoms with van der Waals surface area (Å²) in [5, 5.41) is 10.7. The molecule has 0 amide bonds. The largest absolute Gasteiger partial charge is 0.493 e. The molecule has 0 saturated heterocycles. The highest BCUT2D eigenvalue weighted by Crippen LogP contribution is 2.37. The van der Waals surface area contributed by atoms with Gasteiger partial charge in [-0.1, -0.05) is 53.8 Å². The van der Waals surface area contributed by atoms with Crippen molar-refractivity contribution in [3.05, 3.63) is 107 Å². The Labute approximate surface area is 232 Å². The number of benzene rings is 2. The molecule has 2 aromatic carbocycles. The summed E-state index contributed by atoms with van der Waals surface area (Å²) in [4.78, 5) is 33.4. The molecule has 0 fully saturated rings. The van der Waals surface area contributed by atoms with Crippen LogP contribution in [0.3, 0.4) is 0 Å². The molecule has 0 radical (unpaired) electrons. The number of fused-ring (bicyclic) bond motifs is 1. The Hall–Kier alpha value is -4.46. The van der Waals surface area contributed by atoms with Crippen LogP contribution in [0.1, 0.15) is 29.0 Å². The maximum Gasteiger partial charge on any atom is 0.338 e. The minimum atomic E-state index is -0.686. The molecule has 0 unspecified atom stereocenters. The number of methoxy groups -OCH3 is 1. The van der Waals surface area contributed by atoms with Gasteiger partial charge in [0.15, 0.2) is 22.9 Å². The van der Waals surface area contributed by atoms with Crippen molar-refractivity contribution in [2.75, 3.05) is 20.3 Å². The first-order valence-electron chi connectivity index (χ1n) is 12.0. The van der Waals surface area contributed by atoms with Crippen molar-refractivity contribution >= 4 is 40.4 Å². The number of carbonyl (C=O) groups is 1. The van der Waals surface area contributed by atoms with Crippen molar-refractivity contribution in [1.29, 1.82) is 5.26 Å². The number of hydrogen-bond donors (Lipinski definition) is 0. The van der Waals surface area contributed by atoms with Gasteiger partial charge in [0.05, 0.1) is 29.5 Å². The van der Waals surface area contributed by atoms with E-state index in [0.29, 0.717) is 37.7 Å². The Morgan fingerprint density at radius 3 is 2.67 bits per heavy atom. The molecule has 1 atom stereocenters. The van der Waals surface area contributed by atoms with Crippen LogP contribution in [0.25, 0.3) is 11.8 Å². The van der Waals surface area contributed by atoms with Crippen LogP contribution in [0, 0.1) is 11.3 Å². The van der Waals surface area contributed by atoms with E-state index in [0.717, 1.165) is 10.4 Å². The van der Waals surface area contributed by atoms with Crippen LogP contribution in [0.5, 0.6) is 11.5 Å². The molecule has 1 aliphatic rings. The Bertz CT molecular complexity index is 1760. The first kappa shape index (κ1) is 26.2. The van der Waals surface area contributed by atoms with E-state index in [4.69, 9.17) is 24.5 Å². The number of aromatic nitrogens is 1. The zero-order chi connectivity index (χ0) is 27.4. The molecule has 10 heteroatoms. The molecule has 0 N–H and O–H groups in total. The second-order valence-electron chi connectivity index (χ2n) is 8.30. The average Bonchev–Trinajstić information content (AvgIpc) is 3.60. The quantitative estimate of drug-likeness (QED) is 0.305. The predicted octanol–water partition coefficient (Wildman–Crippen LogP) is 3.91. The van der Waals surface area contributed by atoms with E-state index in [9.17, 15) is 9.59 Å². The Morgan fingerprint density at radius 1 is 1.15 bits per heavy atom. The fourth-order valence-electron chi connectivity index (χ4n) is 4.31. The molecular formula is C29H23N3O5S2. The van der Waals surface area contributed by atoms with Crippen molar-refractivity contribution < 1.29 is 19.0 Å². The van der Waals surface area contributed by atoms with Gasteiger partial charge in [0.1, 0.15) is 12.1 Å². The topological polar surface area (TPSA) is 103 Å². The van der Waals surface area contributed by atoms with Crippen LogP contribution in [-0.4, -0.2) is 30.9 Å². The highest BCUT2D eigenvalue weighted by atomic mass is 32.1. The summed E-state index contributed by atoms with van der Waals surface area (Å²) in [5.41, 5.74) is 2.01. The van der Waals surface area contributed by atoms with Gasteiger partial charge in [-0.05, 0) is 42.1 Å². The Kier molecular flexibility index (Phi) is 7.72. The Balaban J connectivity index is 1.72. The molecule has 3 heterocycles. The lowest BCUT2D eigenvalue weighted by atomic mass is 9.97. The van der Waals surface area contributed by atoms with Crippen molar-refractivity contribution in [3.8, 4) is 17.6 Å². The van der Waals surface area contributed by atoms with Crippen LogP contribution in [-0.2, 0) is 9.53 Å². The van der Waals surface area contributed by atoms with Crippen LogP contribution >= 0.6 is 22.7 Å². The van der Waals surface area contributed by atoms with Gasteiger partial charge in [-0.2, -0.15) is 5.26 Å². The third-order valence-electron chi connectivity index (χ3n) is 5.96. The molecular weight excluding hydrogens is 534 g/mol. The van der Waals surface area contributed by atoms with Crippen molar-refractivity contribution in [2.24, 2.45) is 4.99 Å². The first-order valence-corrected chi connectivity index (χ1v) is 13.7. The molecule has 1 aliphatic heterocycles. The van der Waals surface area contributed by atoms with Gasteiger partial charge in [0, 0.05) is 10.4 Å². The molecule has 5 rings (SSSR count). The third kappa shape index (κ3) is 5.14. The van der Waals surface area contributed by atoms with Gasteiger partial charge in [-0.15, -0.1) is 11.3 Å². The summed E-state index contributed by atoms with van der Waals surface area (Å²) < 4.78 is 18.3. The van der Waals surface area contributed by atoms with Crippen LogP contribution in [0.15, 0.2) is 81.4 Å². The van der Waals surface area contributed by atoms with Crippen molar-refractivity contribution in [3.63, 3.8) is 0 Å². The molecule has 2 aromatic heterocycles. The summed E-state index contributed by atoms with van der Waals surface area (Å²) in [6, 6.07) is 19.7. The number of hydrogen-bond acceptors (Lipinski definition) is 9. The van der Waals surface area contributed by atoms with Gasteiger partial charge >= 0.3 is 5.97 Å². The summed E-state index contributed by atoms with van der Waals surface area (Å²) in [6.45, 7) is 1.84. The number of rotatable bonds is 8. The molecule has 0 aliphatic carbocycles. The SMILES string of the molecule is CCOC(=O)C1=C(c2ccccc2)N=c2s/c(=C\c3ccc(OCC#N)c(OC)c3)c(=O)n2[C@@H]1c1cccs1. The summed E-state index contributed by atoms with van der Waals surface area (Å²) >= 11 is 2.71. The van der Waals surface area contributed by atoms with E-state index in [1.807, 2.05) is 53.9 Å². The second kappa shape index (κ2) is 11.5. The minimum absolute atomic E-state index is 0.108. The van der Waals surface area contributed by atoms with Gasteiger partial charge in [0.25, 0.3) is 5.56 Å². The monoisotopic (exact) mass is 557 g/mol. The van der Waals surface area contributed by atoms with Gasteiger partial charge in [-0.25, -0.2) is 9.79 Å². The number of nitrogens with zero attached hydrogens (tertiary/aromatic N) is 3. The van der Waals surface area contributed by atoms with Crippen LogP contribution < -0.4 is 24.4 Å². The normalized spacial score (nSPS) is 14.8. The van der Waals surface area contributed by atoms with Crippen LogP contribution in [0.2, 0.25) is 0 Å². The lowest BCUT2D eigenvalue weighted by Gasteiger charge is -2.24.